The summed E-state index contributed by atoms with van der Waals surface area (Å²) in [4.78, 5) is 4.04. The molecule has 94 valence electrons. The van der Waals surface area contributed by atoms with Gasteiger partial charge in [0.25, 0.3) is 0 Å². The Balaban J connectivity index is 2.15. The van der Waals surface area contributed by atoms with Crippen molar-refractivity contribution in [1.82, 2.24) is 4.98 Å². The third-order valence-electron chi connectivity index (χ3n) is 2.31. The SMILES string of the molecule is C[C@H](O)c1ccc(Oc2ccc(Br)c(F)c2)cn1. The van der Waals surface area contributed by atoms with Gasteiger partial charge in [-0.15, -0.1) is 0 Å². The maximum Gasteiger partial charge on any atom is 0.145 e. The van der Waals surface area contributed by atoms with Crippen LogP contribution in [0.25, 0.3) is 0 Å². The quantitative estimate of drug-likeness (QED) is 0.936. The first-order valence-electron chi connectivity index (χ1n) is 5.33. The number of hydrogen-bond acceptors (Lipinski definition) is 3. The van der Waals surface area contributed by atoms with E-state index in [9.17, 15) is 9.50 Å². The third-order valence-corrected chi connectivity index (χ3v) is 2.96. The van der Waals surface area contributed by atoms with Gasteiger partial charge in [0, 0.05) is 6.07 Å². The lowest BCUT2D eigenvalue weighted by Crippen LogP contribution is -1.95. The van der Waals surface area contributed by atoms with Crippen LogP contribution in [0.4, 0.5) is 4.39 Å². The van der Waals surface area contributed by atoms with Crippen LogP contribution in [0.1, 0.15) is 18.7 Å². The van der Waals surface area contributed by atoms with E-state index in [1.807, 2.05) is 0 Å². The molecule has 0 unspecified atom stereocenters. The largest absolute Gasteiger partial charge is 0.456 e. The first-order valence-corrected chi connectivity index (χ1v) is 6.12. The fraction of sp³-hybridized carbons (Fsp3) is 0.154. The smallest absolute Gasteiger partial charge is 0.145 e. The number of rotatable bonds is 3. The van der Waals surface area contributed by atoms with Gasteiger partial charge < -0.3 is 9.84 Å². The van der Waals surface area contributed by atoms with E-state index in [1.54, 1.807) is 31.2 Å². The maximum absolute atomic E-state index is 13.3. The van der Waals surface area contributed by atoms with Crippen LogP contribution in [0.3, 0.4) is 0 Å². The van der Waals surface area contributed by atoms with Gasteiger partial charge in [-0.25, -0.2) is 4.39 Å². The molecule has 0 aliphatic rings. The Morgan fingerprint density at radius 3 is 2.56 bits per heavy atom. The van der Waals surface area contributed by atoms with Crippen molar-refractivity contribution in [3.63, 3.8) is 0 Å². The van der Waals surface area contributed by atoms with E-state index >= 15 is 0 Å². The van der Waals surface area contributed by atoms with E-state index in [1.165, 1.54) is 12.3 Å². The van der Waals surface area contributed by atoms with Crippen molar-refractivity contribution in [2.75, 3.05) is 0 Å². The molecule has 1 aromatic heterocycles. The van der Waals surface area contributed by atoms with Gasteiger partial charge in [0.05, 0.1) is 22.5 Å². The lowest BCUT2D eigenvalue weighted by Gasteiger charge is -2.07. The van der Waals surface area contributed by atoms with Gasteiger partial charge >= 0.3 is 0 Å². The highest BCUT2D eigenvalue weighted by atomic mass is 79.9. The molecule has 3 nitrogen and oxygen atoms in total. The first kappa shape index (κ1) is 13.0. The Morgan fingerprint density at radius 1 is 1.28 bits per heavy atom. The van der Waals surface area contributed by atoms with Gasteiger partial charge in [-0.1, -0.05) is 0 Å². The summed E-state index contributed by atoms with van der Waals surface area (Å²) in [6, 6.07) is 7.84. The molecule has 1 aromatic carbocycles. The number of benzene rings is 1. The third kappa shape index (κ3) is 3.05. The molecular formula is C13H11BrFNO2. The average molecular weight is 312 g/mol. The molecule has 0 aliphatic carbocycles. The van der Waals surface area contributed by atoms with E-state index in [0.717, 1.165) is 0 Å². The van der Waals surface area contributed by atoms with Gasteiger partial charge in [-0.2, -0.15) is 0 Å². The standard InChI is InChI=1S/C13H11BrFNO2/c1-8(17)13-5-3-10(7-16-13)18-9-2-4-11(14)12(15)6-9/h2-8,17H,1H3/t8-/m0/s1. The second-order valence-corrected chi connectivity index (χ2v) is 4.63. The van der Waals surface area contributed by atoms with Crippen molar-refractivity contribution in [3.05, 3.63) is 52.5 Å². The zero-order valence-electron chi connectivity index (χ0n) is 9.60. The van der Waals surface area contributed by atoms with Gasteiger partial charge in [-0.3, -0.25) is 4.98 Å². The Kier molecular flexibility index (Phi) is 3.93. The van der Waals surface area contributed by atoms with Crippen LogP contribution in [0.2, 0.25) is 0 Å². The van der Waals surface area contributed by atoms with Gasteiger partial charge in [-0.05, 0) is 47.1 Å². The Bertz CT molecular complexity index is 543. The molecule has 18 heavy (non-hydrogen) atoms. The van der Waals surface area contributed by atoms with Crippen LogP contribution >= 0.6 is 15.9 Å². The highest BCUT2D eigenvalue weighted by molar-refractivity contribution is 9.10. The number of halogens is 2. The van der Waals surface area contributed by atoms with Crippen LogP contribution in [-0.4, -0.2) is 10.1 Å². The number of hydrogen-bond donors (Lipinski definition) is 1. The van der Waals surface area contributed by atoms with Crippen molar-refractivity contribution < 1.29 is 14.2 Å². The molecule has 0 radical (unpaired) electrons. The molecule has 1 atom stereocenters. The fourth-order valence-corrected chi connectivity index (χ4v) is 1.62. The van der Waals surface area contributed by atoms with Crippen LogP contribution in [0.5, 0.6) is 11.5 Å². The van der Waals surface area contributed by atoms with Gasteiger partial charge in [0.2, 0.25) is 0 Å². The van der Waals surface area contributed by atoms with E-state index in [4.69, 9.17) is 4.74 Å². The number of nitrogens with zero attached hydrogens (tertiary/aromatic N) is 1. The predicted molar refractivity (Wildman–Crippen MR) is 69.0 cm³/mol. The normalized spacial score (nSPS) is 12.2. The van der Waals surface area contributed by atoms with Crippen molar-refractivity contribution in [3.8, 4) is 11.5 Å². The summed E-state index contributed by atoms with van der Waals surface area (Å²) in [7, 11) is 0. The number of aliphatic hydroxyl groups excluding tert-OH is 1. The Hall–Kier alpha value is -1.46. The van der Waals surface area contributed by atoms with Crippen molar-refractivity contribution in [2.24, 2.45) is 0 Å². The van der Waals surface area contributed by atoms with Crippen molar-refractivity contribution in [2.45, 2.75) is 13.0 Å². The predicted octanol–water partition coefficient (Wildman–Crippen LogP) is 3.83. The Labute approximate surface area is 112 Å². The summed E-state index contributed by atoms with van der Waals surface area (Å²) >= 11 is 3.07. The van der Waals surface area contributed by atoms with E-state index < -0.39 is 6.10 Å². The summed E-state index contributed by atoms with van der Waals surface area (Å²) in [6.45, 7) is 1.63. The van der Waals surface area contributed by atoms with Crippen LogP contribution in [-0.2, 0) is 0 Å². The van der Waals surface area contributed by atoms with Crippen LogP contribution < -0.4 is 4.74 Å². The lowest BCUT2D eigenvalue weighted by molar-refractivity contribution is 0.194. The van der Waals surface area contributed by atoms with Crippen LogP contribution in [0, 0.1) is 5.82 Å². The monoisotopic (exact) mass is 311 g/mol. The van der Waals surface area contributed by atoms with Gasteiger partial charge in [0.1, 0.15) is 17.3 Å². The fourth-order valence-electron chi connectivity index (χ4n) is 1.38. The van der Waals surface area contributed by atoms with E-state index in [0.29, 0.717) is 21.7 Å². The summed E-state index contributed by atoms with van der Waals surface area (Å²) in [5.41, 5.74) is 0.560. The molecule has 2 rings (SSSR count). The number of ether oxygens (including phenoxy) is 1. The lowest BCUT2D eigenvalue weighted by atomic mass is 10.2. The van der Waals surface area contributed by atoms with E-state index in [2.05, 4.69) is 20.9 Å². The second kappa shape index (κ2) is 5.46. The first-order chi connectivity index (χ1) is 8.56. The minimum atomic E-state index is -0.621. The maximum atomic E-state index is 13.3. The highest BCUT2D eigenvalue weighted by Crippen LogP contribution is 2.25. The zero-order valence-corrected chi connectivity index (χ0v) is 11.2. The van der Waals surface area contributed by atoms with Crippen LogP contribution in [0.15, 0.2) is 41.0 Å². The number of aromatic nitrogens is 1. The van der Waals surface area contributed by atoms with Crippen molar-refractivity contribution >= 4 is 15.9 Å². The molecule has 1 N–H and O–H groups in total. The molecule has 0 saturated carbocycles. The average Bonchev–Trinajstić information content (AvgIpc) is 2.34. The molecule has 0 aliphatic heterocycles. The molecular weight excluding hydrogens is 301 g/mol. The second-order valence-electron chi connectivity index (χ2n) is 3.77. The van der Waals surface area contributed by atoms with Crippen molar-refractivity contribution in [1.29, 1.82) is 0 Å². The molecule has 0 amide bonds. The number of pyridine rings is 1. The summed E-state index contributed by atoms with van der Waals surface area (Å²) in [5.74, 6) is 0.490. The summed E-state index contributed by atoms with van der Waals surface area (Å²) < 4.78 is 19.1. The van der Waals surface area contributed by atoms with Gasteiger partial charge in [0.15, 0.2) is 0 Å². The molecule has 1 heterocycles. The minimum Gasteiger partial charge on any atom is -0.456 e. The summed E-state index contributed by atoms with van der Waals surface area (Å²) in [5, 5.41) is 9.31. The molecule has 0 fully saturated rings. The Morgan fingerprint density at radius 2 is 2.00 bits per heavy atom. The molecule has 5 heteroatoms. The molecule has 0 bridgehead atoms. The number of aliphatic hydroxyl groups is 1. The molecule has 0 spiro atoms. The minimum absolute atomic E-state index is 0.387. The topological polar surface area (TPSA) is 42.4 Å². The summed E-state index contributed by atoms with van der Waals surface area (Å²) in [6.07, 6.45) is 0.867. The van der Waals surface area contributed by atoms with E-state index in [-0.39, 0.29) is 5.82 Å². The molecule has 2 aromatic rings. The highest BCUT2D eigenvalue weighted by Gasteiger charge is 2.05. The molecule has 0 saturated heterocycles. The zero-order chi connectivity index (χ0) is 13.1.